The fourth-order valence-electron chi connectivity index (χ4n) is 4.58. The van der Waals surface area contributed by atoms with Gasteiger partial charge in [-0.1, -0.05) is 30.3 Å². The number of fused-ring (bicyclic) bond motifs is 1. The first-order valence-corrected chi connectivity index (χ1v) is 10.3. The minimum Gasteiger partial charge on any atom is -0.368 e. The van der Waals surface area contributed by atoms with Crippen molar-refractivity contribution in [2.75, 3.05) is 18.8 Å². The third-order valence-electron chi connectivity index (χ3n) is 5.92. The number of hydrogen-bond donors (Lipinski definition) is 2. The van der Waals surface area contributed by atoms with Gasteiger partial charge in [0.25, 0.3) is 5.91 Å². The number of carbonyl (C=O) groups excluding carboxylic acids is 2. The van der Waals surface area contributed by atoms with Gasteiger partial charge in [0, 0.05) is 37.2 Å². The predicted molar refractivity (Wildman–Crippen MR) is 110 cm³/mol. The van der Waals surface area contributed by atoms with Gasteiger partial charge in [-0.05, 0) is 37.7 Å². The van der Waals surface area contributed by atoms with E-state index in [2.05, 4.69) is 27.4 Å². The summed E-state index contributed by atoms with van der Waals surface area (Å²) in [5.74, 6) is 0.133. The topological polar surface area (TPSA) is 101 Å². The second kappa shape index (κ2) is 8.19. The van der Waals surface area contributed by atoms with Gasteiger partial charge in [-0.25, -0.2) is 9.97 Å². The summed E-state index contributed by atoms with van der Waals surface area (Å²) in [6.07, 6.45) is 4.53. The van der Waals surface area contributed by atoms with Crippen LogP contribution in [0.2, 0.25) is 0 Å². The second-order valence-corrected chi connectivity index (χ2v) is 7.93. The summed E-state index contributed by atoms with van der Waals surface area (Å²) in [4.78, 5) is 35.6. The number of nitrogens with one attached hydrogen (secondary N) is 1. The highest BCUT2D eigenvalue weighted by atomic mass is 16.2. The molecule has 0 radical (unpaired) electrons. The van der Waals surface area contributed by atoms with Crippen LogP contribution < -0.4 is 11.1 Å². The highest BCUT2D eigenvalue weighted by Gasteiger charge is 2.35. The lowest BCUT2D eigenvalue weighted by atomic mass is 9.85. The first-order chi connectivity index (χ1) is 14.0. The number of anilines is 1. The van der Waals surface area contributed by atoms with Gasteiger partial charge in [-0.15, -0.1) is 0 Å². The summed E-state index contributed by atoms with van der Waals surface area (Å²) in [6.45, 7) is 2.59. The molecule has 3 N–H and O–H groups in total. The fourth-order valence-corrected chi connectivity index (χ4v) is 4.58. The van der Waals surface area contributed by atoms with Gasteiger partial charge in [-0.3, -0.25) is 9.59 Å². The molecule has 2 amide bonds. The predicted octanol–water partition coefficient (Wildman–Crippen LogP) is 2.07. The highest BCUT2D eigenvalue weighted by Crippen LogP contribution is 2.30. The molecule has 2 aromatic rings. The SMILES string of the molecule is CC(=O)N[C@H]1CN(C(=O)c2nc(N)nc3c2CCCC3)CC[C@H]1c1ccccc1. The van der Waals surface area contributed by atoms with E-state index in [1.165, 1.54) is 12.5 Å². The molecule has 4 rings (SSSR count). The number of aryl methyl sites for hydroxylation is 1. The maximum Gasteiger partial charge on any atom is 0.273 e. The number of benzene rings is 1. The molecule has 0 saturated carbocycles. The number of hydrogen-bond acceptors (Lipinski definition) is 5. The standard InChI is InChI=1S/C22H27N5O2/c1-14(28)24-19-13-27(12-11-16(19)15-7-3-2-4-8-15)21(29)20-17-9-5-6-10-18(17)25-22(23)26-20/h2-4,7-8,16,19H,5-6,9-13H2,1H3,(H,24,28)(H2,23,25,26)/t16-,19-/m0/s1. The van der Waals surface area contributed by atoms with Crippen LogP contribution in [0.5, 0.6) is 0 Å². The van der Waals surface area contributed by atoms with Crippen LogP contribution in [-0.2, 0) is 17.6 Å². The van der Waals surface area contributed by atoms with Crippen LogP contribution in [0.3, 0.4) is 0 Å². The van der Waals surface area contributed by atoms with Gasteiger partial charge < -0.3 is 16.0 Å². The Morgan fingerprint density at radius 2 is 1.90 bits per heavy atom. The van der Waals surface area contributed by atoms with Crippen molar-refractivity contribution in [1.29, 1.82) is 0 Å². The van der Waals surface area contributed by atoms with E-state index >= 15 is 0 Å². The van der Waals surface area contributed by atoms with Gasteiger partial charge >= 0.3 is 0 Å². The van der Waals surface area contributed by atoms with Gasteiger partial charge in [0.1, 0.15) is 5.69 Å². The third-order valence-corrected chi connectivity index (χ3v) is 5.92. The zero-order chi connectivity index (χ0) is 20.4. The average molecular weight is 393 g/mol. The van der Waals surface area contributed by atoms with Crippen molar-refractivity contribution in [3.8, 4) is 0 Å². The lowest BCUT2D eigenvalue weighted by Crippen LogP contribution is -2.53. The van der Waals surface area contributed by atoms with E-state index < -0.39 is 0 Å². The van der Waals surface area contributed by atoms with Crippen molar-refractivity contribution in [1.82, 2.24) is 20.2 Å². The van der Waals surface area contributed by atoms with E-state index in [0.717, 1.165) is 43.4 Å². The van der Waals surface area contributed by atoms with Crippen molar-refractivity contribution in [2.24, 2.45) is 0 Å². The molecule has 7 nitrogen and oxygen atoms in total. The molecular formula is C22H27N5O2. The number of aromatic nitrogens is 2. The molecule has 2 aliphatic rings. The van der Waals surface area contributed by atoms with Crippen LogP contribution in [0, 0.1) is 0 Å². The summed E-state index contributed by atoms with van der Waals surface area (Å²) in [6, 6.07) is 10.0. The Kier molecular flexibility index (Phi) is 5.47. The molecule has 7 heteroatoms. The molecule has 1 aromatic heterocycles. The molecule has 0 spiro atoms. The third kappa shape index (κ3) is 4.09. The molecule has 0 unspecified atom stereocenters. The maximum atomic E-state index is 13.4. The van der Waals surface area contributed by atoms with Crippen LogP contribution >= 0.6 is 0 Å². The van der Waals surface area contributed by atoms with Crippen molar-refractivity contribution in [2.45, 2.75) is 51.0 Å². The van der Waals surface area contributed by atoms with E-state index in [1.807, 2.05) is 18.2 Å². The highest BCUT2D eigenvalue weighted by molar-refractivity contribution is 5.94. The van der Waals surface area contributed by atoms with Crippen LogP contribution in [0.25, 0.3) is 0 Å². The molecule has 1 fully saturated rings. The molecule has 152 valence electrons. The van der Waals surface area contributed by atoms with Gasteiger partial charge in [0.2, 0.25) is 11.9 Å². The summed E-state index contributed by atoms with van der Waals surface area (Å²) in [7, 11) is 0. The Bertz CT molecular complexity index is 915. The number of likely N-dealkylation sites (tertiary alicyclic amines) is 1. The van der Waals surface area contributed by atoms with Crippen LogP contribution in [-0.4, -0.2) is 45.8 Å². The quantitative estimate of drug-likeness (QED) is 0.831. The molecule has 2 heterocycles. The number of nitrogens with two attached hydrogens (primary N) is 1. The molecule has 1 aromatic carbocycles. The van der Waals surface area contributed by atoms with Gasteiger partial charge in [0.05, 0.1) is 6.04 Å². The van der Waals surface area contributed by atoms with Crippen molar-refractivity contribution in [3.05, 3.63) is 52.8 Å². The van der Waals surface area contributed by atoms with Crippen LogP contribution in [0.1, 0.15) is 59.4 Å². The molecule has 0 bridgehead atoms. The minimum atomic E-state index is -0.136. The largest absolute Gasteiger partial charge is 0.368 e. The van der Waals surface area contributed by atoms with Crippen molar-refractivity contribution in [3.63, 3.8) is 0 Å². The Labute approximate surface area is 170 Å². The monoisotopic (exact) mass is 393 g/mol. The van der Waals surface area contributed by atoms with E-state index in [9.17, 15) is 9.59 Å². The number of nitrogens with zero attached hydrogens (tertiary/aromatic N) is 3. The van der Waals surface area contributed by atoms with Crippen LogP contribution in [0.4, 0.5) is 5.95 Å². The van der Waals surface area contributed by atoms with E-state index in [-0.39, 0.29) is 29.7 Å². The van der Waals surface area contributed by atoms with Gasteiger partial charge in [0.15, 0.2) is 0 Å². The molecule has 1 aliphatic heterocycles. The zero-order valence-electron chi connectivity index (χ0n) is 16.7. The summed E-state index contributed by atoms with van der Waals surface area (Å²) in [5, 5.41) is 3.05. The smallest absolute Gasteiger partial charge is 0.273 e. The lowest BCUT2D eigenvalue weighted by molar-refractivity contribution is -0.120. The number of piperidine rings is 1. The van der Waals surface area contributed by atoms with Crippen molar-refractivity contribution >= 4 is 17.8 Å². The number of nitrogen functional groups attached to an aromatic ring is 1. The number of amides is 2. The molecular weight excluding hydrogens is 366 g/mol. The molecule has 2 atom stereocenters. The lowest BCUT2D eigenvalue weighted by Gasteiger charge is -2.39. The molecule has 1 aliphatic carbocycles. The zero-order valence-corrected chi connectivity index (χ0v) is 16.7. The number of rotatable bonds is 3. The minimum absolute atomic E-state index is 0.0890. The Morgan fingerprint density at radius 3 is 2.66 bits per heavy atom. The Morgan fingerprint density at radius 1 is 1.14 bits per heavy atom. The average Bonchev–Trinajstić information content (AvgIpc) is 2.72. The van der Waals surface area contributed by atoms with E-state index in [0.29, 0.717) is 18.8 Å². The number of carbonyl (C=O) groups is 2. The Balaban J connectivity index is 1.59. The summed E-state index contributed by atoms with van der Waals surface area (Å²) < 4.78 is 0. The summed E-state index contributed by atoms with van der Waals surface area (Å²) in [5.41, 5.74) is 9.36. The van der Waals surface area contributed by atoms with E-state index in [1.54, 1.807) is 4.90 Å². The first-order valence-electron chi connectivity index (χ1n) is 10.3. The normalized spacial score (nSPS) is 21.3. The second-order valence-electron chi connectivity index (χ2n) is 7.93. The fraction of sp³-hybridized carbons (Fsp3) is 0.455. The van der Waals surface area contributed by atoms with Crippen molar-refractivity contribution < 1.29 is 9.59 Å². The Hall–Kier alpha value is -2.96. The first kappa shape index (κ1) is 19.4. The van der Waals surface area contributed by atoms with E-state index in [4.69, 9.17) is 5.73 Å². The molecule has 1 saturated heterocycles. The maximum absolute atomic E-state index is 13.4. The van der Waals surface area contributed by atoms with Gasteiger partial charge in [-0.2, -0.15) is 0 Å². The van der Waals surface area contributed by atoms with Crippen LogP contribution in [0.15, 0.2) is 30.3 Å². The molecule has 29 heavy (non-hydrogen) atoms. The summed E-state index contributed by atoms with van der Waals surface area (Å²) >= 11 is 0.